The van der Waals surface area contributed by atoms with Crippen molar-refractivity contribution in [2.45, 2.75) is 0 Å². The third-order valence-electron chi connectivity index (χ3n) is 3.10. The summed E-state index contributed by atoms with van der Waals surface area (Å²) in [7, 11) is 0. The van der Waals surface area contributed by atoms with E-state index in [1.165, 1.54) is 4.80 Å². The number of nitrogens with one attached hydrogen (secondary N) is 2. The summed E-state index contributed by atoms with van der Waals surface area (Å²) < 4.78 is 0. The molecule has 0 amide bonds. The molecule has 118 valence electrons. The highest BCUT2D eigenvalue weighted by Crippen LogP contribution is 2.18. The lowest BCUT2D eigenvalue weighted by atomic mass is 10.3. The quantitative estimate of drug-likeness (QED) is 0.382. The molecular weight excluding hydrogens is 328 g/mol. The number of fused-ring (bicyclic) bond motifs is 1. The highest BCUT2D eigenvalue weighted by atomic mass is 35.5. The second kappa shape index (κ2) is 6.36. The molecule has 4 N–H and O–H groups in total. The van der Waals surface area contributed by atoms with E-state index >= 15 is 0 Å². The van der Waals surface area contributed by atoms with Gasteiger partial charge in [-0.2, -0.15) is 15.2 Å². The van der Waals surface area contributed by atoms with Gasteiger partial charge in [0.05, 0.1) is 11.4 Å². The number of amidine groups is 1. The van der Waals surface area contributed by atoms with Crippen molar-refractivity contribution in [1.29, 1.82) is 10.7 Å². The summed E-state index contributed by atoms with van der Waals surface area (Å²) in [5.74, 6) is -0.403. The van der Waals surface area contributed by atoms with Gasteiger partial charge in [0.15, 0.2) is 5.84 Å². The van der Waals surface area contributed by atoms with Crippen molar-refractivity contribution in [3.8, 4) is 11.8 Å². The summed E-state index contributed by atoms with van der Waals surface area (Å²) in [6, 6.07) is 14.1. The first-order chi connectivity index (χ1) is 11.6. The van der Waals surface area contributed by atoms with Gasteiger partial charge in [0.25, 0.3) is 0 Å². The molecule has 0 atom stereocenters. The van der Waals surface area contributed by atoms with E-state index < -0.39 is 5.84 Å². The maximum absolute atomic E-state index is 8.82. The Morgan fingerprint density at radius 3 is 2.58 bits per heavy atom. The van der Waals surface area contributed by atoms with Crippen molar-refractivity contribution in [2.24, 2.45) is 10.8 Å². The van der Waals surface area contributed by atoms with E-state index in [0.29, 0.717) is 21.7 Å². The second-order valence-electron chi connectivity index (χ2n) is 4.77. The van der Waals surface area contributed by atoms with Crippen LogP contribution in [0.1, 0.15) is 0 Å². The zero-order valence-corrected chi connectivity index (χ0v) is 13.0. The molecule has 0 radical (unpaired) electrons. The molecule has 0 aliphatic heterocycles. The summed E-state index contributed by atoms with van der Waals surface area (Å²) in [5, 5.41) is 29.2. The summed E-state index contributed by atoms with van der Waals surface area (Å²) >= 11 is 5.88. The van der Waals surface area contributed by atoms with Gasteiger partial charge in [-0.3, -0.25) is 10.8 Å². The predicted octanol–water partition coefficient (Wildman–Crippen LogP) is 2.30. The molecule has 0 unspecified atom stereocenters. The van der Waals surface area contributed by atoms with Crippen LogP contribution in [0.5, 0.6) is 0 Å². The molecular formula is C15H11ClN8. The van der Waals surface area contributed by atoms with Crippen LogP contribution in [0.25, 0.3) is 16.7 Å². The first-order valence-electron chi connectivity index (χ1n) is 6.78. The van der Waals surface area contributed by atoms with E-state index in [1.54, 1.807) is 36.4 Å². The fraction of sp³-hybridized carbons (Fsp3) is 0. The number of hydrogen-bond donors (Lipinski definition) is 3. The first-order valence-corrected chi connectivity index (χ1v) is 7.16. The third kappa shape index (κ3) is 3.16. The molecule has 0 saturated carbocycles. The normalized spacial score (nSPS) is 11.2. The second-order valence-corrected chi connectivity index (χ2v) is 5.20. The predicted molar refractivity (Wildman–Crippen MR) is 92.5 cm³/mol. The van der Waals surface area contributed by atoms with Crippen LogP contribution in [0.15, 0.2) is 47.6 Å². The van der Waals surface area contributed by atoms with Gasteiger partial charge in [0.1, 0.15) is 17.1 Å². The number of hydrazone groups is 1. The van der Waals surface area contributed by atoms with Crippen LogP contribution in [0.3, 0.4) is 0 Å². The van der Waals surface area contributed by atoms with Crippen molar-refractivity contribution in [3.05, 3.63) is 47.5 Å². The summed E-state index contributed by atoms with van der Waals surface area (Å²) in [6.45, 7) is 0. The molecule has 8 nitrogen and oxygen atoms in total. The highest BCUT2D eigenvalue weighted by Gasteiger charge is 2.06. The van der Waals surface area contributed by atoms with Crippen molar-refractivity contribution in [2.75, 3.05) is 5.43 Å². The van der Waals surface area contributed by atoms with Crippen LogP contribution in [-0.4, -0.2) is 26.5 Å². The molecule has 1 aromatic heterocycles. The van der Waals surface area contributed by atoms with Gasteiger partial charge in [-0.05, 0) is 42.5 Å². The Hall–Kier alpha value is -3.44. The van der Waals surface area contributed by atoms with Crippen molar-refractivity contribution < 1.29 is 0 Å². The number of benzene rings is 2. The molecule has 0 saturated heterocycles. The molecule has 0 aliphatic carbocycles. The lowest BCUT2D eigenvalue weighted by Gasteiger charge is -2.00. The smallest absolute Gasteiger partial charge is 0.201 e. The van der Waals surface area contributed by atoms with Crippen LogP contribution in [-0.2, 0) is 0 Å². The molecule has 0 fully saturated rings. The molecule has 9 heteroatoms. The highest BCUT2D eigenvalue weighted by molar-refractivity contribution is 6.45. The fourth-order valence-corrected chi connectivity index (χ4v) is 2.07. The Kier molecular flexibility index (Phi) is 4.09. The number of hydrogen-bond acceptors (Lipinski definition) is 6. The number of rotatable bonds is 4. The van der Waals surface area contributed by atoms with Crippen LogP contribution in [0.2, 0.25) is 5.02 Å². The van der Waals surface area contributed by atoms with E-state index in [4.69, 9.17) is 28.0 Å². The molecule has 0 spiro atoms. The first kappa shape index (κ1) is 15.5. The molecule has 2 aromatic carbocycles. The minimum atomic E-state index is -0.403. The Labute approximate surface area is 141 Å². The Balaban J connectivity index is 1.90. The average Bonchev–Trinajstić information content (AvgIpc) is 2.99. The van der Waals surface area contributed by atoms with Crippen molar-refractivity contribution in [3.63, 3.8) is 0 Å². The summed E-state index contributed by atoms with van der Waals surface area (Å²) in [4.78, 5) is 1.50. The summed E-state index contributed by atoms with van der Waals surface area (Å²) in [5.41, 5.74) is 10.4. The molecule has 0 aliphatic rings. The molecule has 3 rings (SSSR count). The Morgan fingerprint density at radius 2 is 1.92 bits per heavy atom. The number of nitrogens with zero attached hydrogens (tertiary/aromatic N) is 5. The number of aromatic nitrogens is 3. The SMILES string of the molecule is N#C/C(=N\Nc1ccc2nn(-c3ccc(Cl)cc3)nc2c1)C(=N)N. The van der Waals surface area contributed by atoms with E-state index in [0.717, 1.165) is 5.69 Å². The Morgan fingerprint density at radius 1 is 1.21 bits per heavy atom. The number of anilines is 1. The lowest BCUT2D eigenvalue weighted by molar-refractivity contribution is 0.766. The minimum Gasteiger partial charge on any atom is -0.382 e. The zero-order chi connectivity index (χ0) is 17.1. The Bertz CT molecular complexity index is 981. The number of nitriles is 1. The number of nitrogens with two attached hydrogens (primary N) is 1. The van der Waals surface area contributed by atoms with Crippen molar-refractivity contribution >= 4 is 39.9 Å². The average molecular weight is 339 g/mol. The van der Waals surface area contributed by atoms with E-state index in [1.807, 2.05) is 12.1 Å². The summed E-state index contributed by atoms with van der Waals surface area (Å²) in [6.07, 6.45) is 0. The van der Waals surface area contributed by atoms with Crippen LogP contribution >= 0.6 is 11.6 Å². The molecule has 24 heavy (non-hydrogen) atoms. The maximum atomic E-state index is 8.82. The standard InChI is InChI=1S/C15H11ClN8/c16-9-1-4-11(5-2-9)24-22-12-6-3-10(7-13(12)23-24)20-21-14(8-17)15(18)19/h1-7,20H,(H3,18,19)/b21-14+. The molecule has 0 bridgehead atoms. The van der Waals surface area contributed by atoms with Gasteiger partial charge in [0, 0.05) is 5.02 Å². The van der Waals surface area contributed by atoms with Gasteiger partial charge in [-0.1, -0.05) is 11.6 Å². The van der Waals surface area contributed by atoms with Crippen LogP contribution in [0.4, 0.5) is 5.69 Å². The largest absolute Gasteiger partial charge is 0.382 e. The lowest BCUT2D eigenvalue weighted by Crippen LogP contribution is -2.21. The fourth-order valence-electron chi connectivity index (χ4n) is 1.94. The van der Waals surface area contributed by atoms with Crippen LogP contribution in [0, 0.1) is 16.7 Å². The topological polar surface area (TPSA) is 129 Å². The van der Waals surface area contributed by atoms with Gasteiger partial charge in [-0.25, -0.2) is 0 Å². The zero-order valence-electron chi connectivity index (χ0n) is 12.2. The van der Waals surface area contributed by atoms with E-state index in [2.05, 4.69) is 20.7 Å². The third-order valence-corrected chi connectivity index (χ3v) is 3.35. The molecule has 1 heterocycles. The van der Waals surface area contributed by atoms with E-state index in [9.17, 15) is 0 Å². The van der Waals surface area contributed by atoms with Crippen LogP contribution < -0.4 is 11.2 Å². The van der Waals surface area contributed by atoms with Gasteiger partial charge < -0.3 is 5.73 Å². The maximum Gasteiger partial charge on any atom is 0.201 e. The monoisotopic (exact) mass is 338 g/mol. The van der Waals surface area contributed by atoms with Gasteiger partial charge >= 0.3 is 0 Å². The number of halogens is 1. The minimum absolute atomic E-state index is 0.195. The van der Waals surface area contributed by atoms with Gasteiger partial charge in [0.2, 0.25) is 5.71 Å². The van der Waals surface area contributed by atoms with Gasteiger partial charge in [-0.15, -0.1) is 10.2 Å². The molecule has 3 aromatic rings. The van der Waals surface area contributed by atoms with E-state index in [-0.39, 0.29) is 5.71 Å². The van der Waals surface area contributed by atoms with Crippen molar-refractivity contribution in [1.82, 2.24) is 15.0 Å².